The quantitative estimate of drug-likeness (QED) is 0.0808. The van der Waals surface area contributed by atoms with Crippen molar-refractivity contribution >= 4 is 17.8 Å². The summed E-state index contributed by atoms with van der Waals surface area (Å²) >= 11 is 0. The van der Waals surface area contributed by atoms with E-state index in [4.69, 9.17) is 16.2 Å². The fourth-order valence-electron chi connectivity index (χ4n) is 3.92. The minimum atomic E-state index is -0.641. The smallest absolute Gasteiger partial charge is 0.328 e. The van der Waals surface area contributed by atoms with Crippen LogP contribution >= 0.6 is 0 Å². The molecule has 5 N–H and O–H groups in total. The maximum atomic E-state index is 12.2. The lowest BCUT2D eigenvalue weighted by atomic mass is 10.0. The summed E-state index contributed by atoms with van der Waals surface area (Å²) in [7, 11) is 0. The molecule has 0 aromatic rings. The number of hydrogen-bond acceptors (Lipinski definition) is 4. The van der Waals surface area contributed by atoms with E-state index in [0.29, 0.717) is 26.0 Å². The van der Waals surface area contributed by atoms with Gasteiger partial charge in [0.25, 0.3) is 0 Å². The van der Waals surface area contributed by atoms with Crippen molar-refractivity contribution in [2.24, 2.45) is 16.5 Å². The van der Waals surface area contributed by atoms with Gasteiger partial charge in [-0.25, -0.2) is 4.79 Å². The number of unbranched alkanes of at least 4 members (excludes halogenated alkanes) is 15. The summed E-state index contributed by atoms with van der Waals surface area (Å²) in [6, 6.07) is -0.641. The van der Waals surface area contributed by atoms with E-state index in [9.17, 15) is 9.59 Å². The SMILES string of the molecule is CCCCCCCCCCCCCCCCCCOC(=O)[C@@H](CCCN=C(N)N)NC(C)=O. The Morgan fingerprint density at radius 3 is 1.64 bits per heavy atom. The summed E-state index contributed by atoms with van der Waals surface area (Å²) in [5.74, 6) is -0.603. The second-order valence-electron chi connectivity index (χ2n) is 9.17. The number of nitrogens with two attached hydrogens (primary N) is 2. The summed E-state index contributed by atoms with van der Waals surface area (Å²) in [6.07, 6.45) is 22.0. The molecule has 0 unspecified atom stereocenters. The van der Waals surface area contributed by atoms with Crippen LogP contribution in [0.1, 0.15) is 129 Å². The molecule has 0 saturated heterocycles. The molecule has 0 aliphatic carbocycles. The lowest BCUT2D eigenvalue weighted by molar-refractivity contribution is -0.148. The van der Waals surface area contributed by atoms with Crippen LogP contribution in [0.15, 0.2) is 4.99 Å². The van der Waals surface area contributed by atoms with Crippen molar-refractivity contribution in [3.8, 4) is 0 Å². The number of carbonyl (C=O) groups is 2. The van der Waals surface area contributed by atoms with Crippen LogP contribution in [0.5, 0.6) is 0 Å². The number of esters is 1. The molecule has 0 radical (unpaired) electrons. The van der Waals surface area contributed by atoms with Crippen LogP contribution in [0.3, 0.4) is 0 Å². The highest BCUT2D eigenvalue weighted by molar-refractivity contribution is 5.83. The number of hydrogen-bond donors (Lipinski definition) is 3. The number of rotatable bonds is 23. The molecule has 0 spiro atoms. The summed E-state index contributed by atoms with van der Waals surface area (Å²) in [6.45, 7) is 4.49. The molecular formula is C26H52N4O3. The zero-order valence-corrected chi connectivity index (χ0v) is 21.5. The third-order valence-electron chi connectivity index (χ3n) is 5.85. The molecule has 33 heavy (non-hydrogen) atoms. The fraction of sp³-hybridized carbons (Fsp3) is 0.885. The van der Waals surface area contributed by atoms with Gasteiger partial charge in [0.05, 0.1) is 6.61 Å². The standard InChI is InChI=1S/C26H52N4O3/c1-3-4-5-6-7-8-9-10-11-12-13-14-15-16-17-18-22-33-25(32)24(30-23(2)31)20-19-21-29-26(27)28/h24H,3-22H2,1-2H3,(H,30,31)(H4,27,28,29)/t24-/m1/s1. The van der Waals surface area contributed by atoms with Crippen LogP contribution < -0.4 is 16.8 Å². The monoisotopic (exact) mass is 468 g/mol. The Morgan fingerprint density at radius 1 is 0.758 bits per heavy atom. The predicted octanol–water partition coefficient (Wildman–Crippen LogP) is 5.35. The number of carbonyl (C=O) groups excluding carboxylic acids is 2. The van der Waals surface area contributed by atoms with Crippen molar-refractivity contribution in [1.82, 2.24) is 5.32 Å². The average Bonchev–Trinajstić information content (AvgIpc) is 2.77. The van der Waals surface area contributed by atoms with Gasteiger partial charge in [-0.3, -0.25) is 9.79 Å². The Bertz CT molecular complexity index is 508. The van der Waals surface area contributed by atoms with Gasteiger partial charge in [-0.1, -0.05) is 103 Å². The Morgan fingerprint density at radius 2 is 1.21 bits per heavy atom. The molecular weight excluding hydrogens is 416 g/mol. The molecule has 194 valence electrons. The summed E-state index contributed by atoms with van der Waals surface area (Å²) in [5, 5.41) is 2.65. The van der Waals surface area contributed by atoms with Crippen LogP contribution in [-0.4, -0.2) is 37.0 Å². The molecule has 1 atom stereocenters. The van der Waals surface area contributed by atoms with Crippen molar-refractivity contribution in [3.63, 3.8) is 0 Å². The normalized spacial score (nSPS) is 11.7. The van der Waals surface area contributed by atoms with Gasteiger partial charge in [0.2, 0.25) is 5.91 Å². The molecule has 0 aliphatic heterocycles. The van der Waals surface area contributed by atoms with Crippen molar-refractivity contribution in [2.75, 3.05) is 13.2 Å². The van der Waals surface area contributed by atoms with E-state index >= 15 is 0 Å². The molecule has 0 aromatic heterocycles. The number of nitrogens with one attached hydrogen (secondary N) is 1. The van der Waals surface area contributed by atoms with Gasteiger partial charge >= 0.3 is 5.97 Å². The third-order valence-corrected chi connectivity index (χ3v) is 5.85. The van der Waals surface area contributed by atoms with Gasteiger partial charge in [-0.15, -0.1) is 0 Å². The zero-order valence-electron chi connectivity index (χ0n) is 21.5. The average molecular weight is 469 g/mol. The van der Waals surface area contributed by atoms with Gasteiger partial charge in [-0.05, 0) is 19.3 Å². The van der Waals surface area contributed by atoms with Crippen LogP contribution in [0, 0.1) is 0 Å². The molecule has 0 aromatic carbocycles. The minimum Gasteiger partial charge on any atom is -0.464 e. The predicted molar refractivity (Wildman–Crippen MR) is 138 cm³/mol. The molecule has 0 rings (SSSR count). The summed E-state index contributed by atoms with van der Waals surface area (Å²) in [5.41, 5.74) is 10.6. The van der Waals surface area contributed by atoms with Gasteiger partial charge in [0, 0.05) is 13.5 Å². The zero-order chi connectivity index (χ0) is 24.6. The largest absolute Gasteiger partial charge is 0.464 e. The maximum Gasteiger partial charge on any atom is 0.328 e. The molecule has 7 nitrogen and oxygen atoms in total. The van der Waals surface area contributed by atoms with E-state index in [0.717, 1.165) is 12.8 Å². The van der Waals surface area contributed by atoms with Crippen molar-refractivity contribution in [2.45, 2.75) is 135 Å². The Balaban J connectivity index is 3.57. The first-order valence-electron chi connectivity index (χ1n) is 13.5. The lowest BCUT2D eigenvalue weighted by Gasteiger charge is -2.16. The topological polar surface area (TPSA) is 120 Å². The van der Waals surface area contributed by atoms with E-state index in [1.54, 1.807) is 0 Å². The Labute approximate surface area is 202 Å². The van der Waals surface area contributed by atoms with Gasteiger partial charge in [0.15, 0.2) is 5.96 Å². The first-order valence-corrected chi connectivity index (χ1v) is 13.5. The Kier molecular flexibility index (Phi) is 22.1. The fourth-order valence-corrected chi connectivity index (χ4v) is 3.92. The minimum absolute atomic E-state index is 0.0251. The van der Waals surface area contributed by atoms with Crippen molar-refractivity contribution in [1.29, 1.82) is 0 Å². The first kappa shape index (κ1) is 31.2. The number of amides is 1. The second-order valence-corrected chi connectivity index (χ2v) is 9.17. The summed E-state index contributed by atoms with van der Waals surface area (Å²) in [4.78, 5) is 27.5. The molecule has 0 heterocycles. The number of guanidine groups is 1. The summed E-state index contributed by atoms with van der Waals surface area (Å²) < 4.78 is 5.36. The second kappa shape index (κ2) is 23.4. The van der Waals surface area contributed by atoms with Crippen molar-refractivity contribution in [3.05, 3.63) is 0 Å². The van der Waals surface area contributed by atoms with Crippen LogP contribution in [-0.2, 0) is 14.3 Å². The maximum absolute atomic E-state index is 12.2. The molecule has 7 heteroatoms. The third kappa shape index (κ3) is 23.2. The lowest BCUT2D eigenvalue weighted by Crippen LogP contribution is -2.41. The van der Waals surface area contributed by atoms with Crippen LogP contribution in [0.2, 0.25) is 0 Å². The highest BCUT2D eigenvalue weighted by Crippen LogP contribution is 2.13. The van der Waals surface area contributed by atoms with Gasteiger partial charge in [0.1, 0.15) is 6.04 Å². The number of aliphatic imine (C=N–C) groups is 1. The number of nitrogens with zero attached hydrogens (tertiary/aromatic N) is 1. The molecule has 0 bridgehead atoms. The first-order chi connectivity index (χ1) is 16.0. The Hall–Kier alpha value is -1.79. The van der Waals surface area contributed by atoms with Crippen molar-refractivity contribution < 1.29 is 14.3 Å². The van der Waals surface area contributed by atoms with Gasteiger partial charge < -0.3 is 21.5 Å². The molecule has 0 aliphatic rings. The van der Waals surface area contributed by atoms with Crippen LogP contribution in [0.4, 0.5) is 0 Å². The van der Waals surface area contributed by atoms with E-state index in [1.807, 2.05) is 0 Å². The van der Waals surface area contributed by atoms with E-state index in [1.165, 1.54) is 96.8 Å². The van der Waals surface area contributed by atoms with Gasteiger partial charge in [-0.2, -0.15) is 0 Å². The number of ether oxygens (including phenoxy) is 1. The van der Waals surface area contributed by atoms with E-state index < -0.39 is 6.04 Å². The van der Waals surface area contributed by atoms with E-state index in [-0.39, 0.29) is 17.8 Å². The highest BCUT2D eigenvalue weighted by Gasteiger charge is 2.20. The van der Waals surface area contributed by atoms with E-state index in [2.05, 4.69) is 17.2 Å². The van der Waals surface area contributed by atoms with Crippen LogP contribution in [0.25, 0.3) is 0 Å². The molecule has 0 fully saturated rings. The molecule has 0 saturated carbocycles. The molecule has 1 amide bonds. The highest BCUT2D eigenvalue weighted by atomic mass is 16.5.